The molecule has 2 rings (SSSR count). The minimum absolute atomic E-state index is 0.129. The van der Waals surface area contributed by atoms with E-state index in [1.165, 1.54) is 11.6 Å². The second-order valence-electron chi connectivity index (χ2n) is 4.21. The number of esters is 1. The molecule has 0 saturated heterocycles. The molecule has 1 unspecified atom stereocenters. The summed E-state index contributed by atoms with van der Waals surface area (Å²) in [6, 6.07) is 11.0. The van der Waals surface area contributed by atoms with E-state index >= 15 is 0 Å². The second kappa shape index (κ2) is 5.48. The molecule has 1 aromatic heterocycles. The van der Waals surface area contributed by atoms with Gasteiger partial charge in [-0.05, 0) is 36.4 Å². The number of carbonyl (C=O) groups is 1. The number of rotatable bonds is 4. The molecule has 1 aromatic carbocycles. The van der Waals surface area contributed by atoms with Crippen molar-refractivity contribution in [3.63, 3.8) is 0 Å². The van der Waals surface area contributed by atoms with Crippen LogP contribution in [0.4, 0.5) is 0 Å². The van der Waals surface area contributed by atoms with Gasteiger partial charge in [-0.3, -0.25) is 0 Å². The van der Waals surface area contributed by atoms with E-state index in [4.69, 9.17) is 4.74 Å². The summed E-state index contributed by atoms with van der Waals surface area (Å²) in [6.07, 6.45) is 0. The first-order valence-electron chi connectivity index (χ1n) is 6.06. The van der Waals surface area contributed by atoms with Crippen molar-refractivity contribution in [2.24, 2.45) is 0 Å². The van der Waals surface area contributed by atoms with Crippen molar-refractivity contribution in [3.8, 4) is 11.8 Å². The van der Waals surface area contributed by atoms with E-state index in [2.05, 4.69) is 15.5 Å². The molecule has 0 aliphatic heterocycles. The van der Waals surface area contributed by atoms with Gasteiger partial charge in [0.15, 0.2) is 5.82 Å². The average molecular weight is 271 g/mol. The van der Waals surface area contributed by atoms with Gasteiger partial charge in [0.05, 0.1) is 18.4 Å². The zero-order chi connectivity index (χ0) is 14.6. The zero-order valence-corrected chi connectivity index (χ0v) is 11.1. The van der Waals surface area contributed by atoms with Gasteiger partial charge < -0.3 is 4.74 Å². The molecule has 0 N–H and O–H groups in total. The number of para-hydroxylation sites is 1. The highest BCUT2D eigenvalue weighted by Gasteiger charge is 2.43. The van der Waals surface area contributed by atoms with Crippen LogP contribution < -0.4 is 0 Å². The number of hydrogen-bond donors (Lipinski definition) is 0. The van der Waals surface area contributed by atoms with Gasteiger partial charge in [-0.25, -0.2) is 4.79 Å². The Morgan fingerprint density at radius 1 is 1.45 bits per heavy atom. The Morgan fingerprint density at radius 3 is 2.75 bits per heavy atom. The van der Waals surface area contributed by atoms with Crippen molar-refractivity contribution in [1.29, 1.82) is 5.26 Å². The normalized spacial score (nSPS) is 13.2. The lowest BCUT2D eigenvalue weighted by Gasteiger charge is -2.18. The van der Waals surface area contributed by atoms with Crippen molar-refractivity contribution in [2.75, 3.05) is 6.61 Å². The van der Waals surface area contributed by atoms with Crippen LogP contribution in [-0.4, -0.2) is 32.8 Å². The van der Waals surface area contributed by atoms with Crippen LogP contribution in [0.25, 0.3) is 5.69 Å². The number of nitrogens with zero attached hydrogens (tertiary/aromatic N) is 5. The van der Waals surface area contributed by atoms with Gasteiger partial charge in [-0.15, -0.1) is 5.10 Å². The third-order valence-corrected chi connectivity index (χ3v) is 2.82. The molecular formula is C13H13N5O2. The highest BCUT2D eigenvalue weighted by Crippen LogP contribution is 2.24. The molecule has 1 atom stereocenters. The highest BCUT2D eigenvalue weighted by atomic mass is 16.5. The summed E-state index contributed by atoms with van der Waals surface area (Å²) in [5.74, 6) is -0.542. The predicted molar refractivity (Wildman–Crippen MR) is 68.8 cm³/mol. The van der Waals surface area contributed by atoms with E-state index in [-0.39, 0.29) is 12.4 Å². The van der Waals surface area contributed by atoms with Crippen LogP contribution in [0.1, 0.15) is 19.7 Å². The van der Waals surface area contributed by atoms with Crippen molar-refractivity contribution in [1.82, 2.24) is 20.2 Å². The first-order chi connectivity index (χ1) is 9.63. The molecule has 0 spiro atoms. The maximum atomic E-state index is 12.0. The summed E-state index contributed by atoms with van der Waals surface area (Å²) in [5.41, 5.74) is -0.895. The average Bonchev–Trinajstić information content (AvgIpc) is 2.97. The van der Waals surface area contributed by atoms with Crippen LogP contribution in [0.15, 0.2) is 30.3 Å². The summed E-state index contributed by atoms with van der Waals surface area (Å²) < 4.78 is 6.30. The molecule has 7 heteroatoms. The lowest BCUT2D eigenvalue weighted by Crippen LogP contribution is -2.36. The number of ether oxygens (including phenoxy) is 1. The van der Waals surface area contributed by atoms with Gasteiger partial charge in [0.2, 0.25) is 5.41 Å². The first kappa shape index (κ1) is 13.7. The molecule has 0 aliphatic rings. The summed E-state index contributed by atoms with van der Waals surface area (Å²) in [7, 11) is 0. The highest BCUT2D eigenvalue weighted by molar-refractivity contribution is 5.85. The van der Waals surface area contributed by atoms with Crippen molar-refractivity contribution in [3.05, 3.63) is 36.2 Å². The fraction of sp³-hybridized carbons (Fsp3) is 0.308. The number of nitriles is 1. The standard InChI is InChI=1S/C13H13N5O2/c1-3-20-12(19)13(2,9-14)11-15-16-17-18(11)10-7-5-4-6-8-10/h4-8H,3H2,1-2H3. The topological polar surface area (TPSA) is 93.7 Å². The molecule has 0 amide bonds. The summed E-state index contributed by atoms with van der Waals surface area (Å²) in [5, 5.41) is 20.6. The van der Waals surface area contributed by atoms with E-state index in [1.807, 2.05) is 24.3 Å². The maximum Gasteiger partial charge on any atom is 0.334 e. The van der Waals surface area contributed by atoms with Crippen LogP contribution in [0.5, 0.6) is 0 Å². The number of hydrogen-bond acceptors (Lipinski definition) is 6. The zero-order valence-electron chi connectivity index (χ0n) is 11.1. The molecule has 102 valence electrons. The number of benzene rings is 1. The Morgan fingerprint density at radius 2 is 2.15 bits per heavy atom. The molecule has 2 aromatic rings. The van der Waals surface area contributed by atoms with Gasteiger partial charge >= 0.3 is 5.97 Å². The first-order valence-corrected chi connectivity index (χ1v) is 6.06. The van der Waals surface area contributed by atoms with E-state index in [9.17, 15) is 10.1 Å². The molecule has 1 heterocycles. The lowest BCUT2D eigenvalue weighted by molar-refractivity contribution is -0.147. The van der Waals surface area contributed by atoms with E-state index in [1.54, 1.807) is 19.1 Å². The molecule has 0 radical (unpaired) electrons. The Balaban J connectivity index is 2.51. The molecule has 0 saturated carbocycles. The summed E-state index contributed by atoms with van der Waals surface area (Å²) in [4.78, 5) is 12.0. The van der Waals surface area contributed by atoms with Gasteiger partial charge in [-0.1, -0.05) is 18.2 Å². The van der Waals surface area contributed by atoms with Crippen LogP contribution in [0.3, 0.4) is 0 Å². The maximum absolute atomic E-state index is 12.0. The van der Waals surface area contributed by atoms with Gasteiger partial charge in [-0.2, -0.15) is 9.94 Å². The van der Waals surface area contributed by atoms with Crippen LogP contribution in [-0.2, 0) is 14.9 Å². The monoisotopic (exact) mass is 271 g/mol. The van der Waals surface area contributed by atoms with E-state index in [0.717, 1.165) is 0 Å². The number of aromatic nitrogens is 4. The van der Waals surface area contributed by atoms with Gasteiger partial charge in [0, 0.05) is 0 Å². The van der Waals surface area contributed by atoms with Crippen molar-refractivity contribution < 1.29 is 9.53 Å². The van der Waals surface area contributed by atoms with Gasteiger partial charge in [0.1, 0.15) is 0 Å². The third kappa shape index (κ3) is 2.23. The fourth-order valence-corrected chi connectivity index (χ4v) is 1.70. The Labute approximate surface area is 115 Å². The molecule has 0 aliphatic carbocycles. The SMILES string of the molecule is CCOC(=O)C(C)(C#N)c1nnnn1-c1ccccc1. The summed E-state index contributed by atoms with van der Waals surface area (Å²) in [6.45, 7) is 3.30. The third-order valence-electron chi connectivity index (χ3n) is 2.82. The summed E-state index contributed by atoms with van der Waals surface area (Å²) >= 11 is 0. The van der Waals surface area contributed by atoms with Crippen LogP contribution >= 0.6 is 0 Å². The van der Waals surface area contributed by atoms with Crippen molar-refractivity contribution in [2.45, 2.75) is 19.3 Å². The molecule has 7 nitrogen and oxygen atoms in total. The van der Waals surface area contributed by atoms with Crippen LogP contribution in [0, 0.1) is 11.3 Å². The Kier molecular flexibility index (Phi) is 3.75. The fourth-order valence-electron chi connectivity index (χ4n) is 1.70. The minimum Gasteiger partial charge on any atom is -0.464 e. The molecule has 0 bridgehead atoms. The molecule has 20 heavy (non-hydrogen) atoms. The molecular weight excluding hydrogens is 258 g/mol. The van der Waals surface area contributed by atoms with Crippen LogP contribution in [0.2, 0.25) is 0 Å². The largest absolute Gasteiger partial charge is 0.464 e. The Hall–Kier alpha value is -2.75. The predicted octanol–water partition coefficient (Wildman–Crippen LogP) is 1.01. The molecule has 0 fully saturated rings. The van der Waals surface area contributed by atoms with Gasteiger partial charge in [0.25, 0.3) is 0 Å². The quantitative estimate of drug-likeness (QED) is 0.770. The second-order valence-corrected chi connectivity index (χ2v) is 4.21. The van der Waals surface area contributed by atoms with E-state index in [0.29, 0.717) is 5.69 Å². The minimum atomic E-state index is -1.56. The number of carbonyl (C=O) groups excluding carboxylic acids is 1. The number of tetrazole rings is 1. The Bertz CT molecular complexity index is 646. The lowest BCUT2D eigenvalue weighted by atomic mass is 9.91. The van der Waals surface area contributed by atoms with E-state index < -0.39 is 11.4 Å². The van der Waals surface area contributed by atoms with Crippen molar-refractivity contribution >= 4 is 5.97 Å². The smallest absolute Gasteiger partial charge is 0.334 e.